The number of allylic oxidation sites excluding steroid dienone is 1. The topological polar surface area (TPSA) is 76.0 Å². The first-order valence-electron chi connectivity index (χ1n) is 11.4. The molecule has 2 saturated carbocycles. The Balaban J connectivity index is 1.55. The van der Waals surface area contributed by atoms with Crippen LogP contribution >= 0.6 is 0 Å². The molecule has 6 aliphatic rings. The summed E-state index contributed by atoms with van der Waals surface area (Å²) in [5, 5.41) is 22.0. The normalized spacial score (nSPS) is 57.4. The zero-order valence-electron chi connectivity index (χ0n) is 17.7. The van der Waals surface area contributed by atoms with Crippen molar-refractivity contribution in [2.45, 2.75) is 70.9 Å². The predicted molar refractivity (Wildman–Crippen MR) is 105 cm³/mol. The minimum atomic E-state index is -0.543. The molecule has 12 atom stereocenters. The molecule has 0 spiro atoms. The number of hydrogen-bond acceptors (Lipinski definition) is 5. The van der Waals surface area contributed by atoms with Crippen molar-refractivity contribution in [1.82, 2.24) is 0 Å². The van der Waals surface area contributed by atoms with Crippen LogP contribution in [0.15, 0.2) is 23.0 Å². The lowest BCUT2D eigenvalue weighted by Gasteiger charge is -2.48. The maximum atomic E-state index is 13.2. The maximum Gasteiger partial charge on any atom is 0.338 e. The molecule has 158 valence electrons. The summed E-state index contributed by atoms with van der Waals surface area (Å²) in [6, 6.07) is 0. The molecule has 5 heteroatoms. The first-order valence-corrected chi connectivity index (χ1v) is 11.4. The van der Waals surface area contributed by atoms with Crippen molar-refractivity contribution in [1.29, 1.82) is 0 Å². The van der Waals surface area contributed by atoms with Crippen molar-refractivity contribution < 1.29 is 24.5 Å². The van der Waals surface area contributed by atoms with Gasteiger partial charge in [-0.15, -0.1) is 0 Å². The molecular weight excluding hydrogens is 368 g/mol. The van der Waals surface area contributed by atoms with Gasteiger partial charge in [0.2, 0.25) is 0 Å². The van der Waals surface area contributed by atoms with Gasteiger partial charge in [-0.25, -0.2) is 4.79 Å². The van der Waals surface area contributed by atoms with Gasteiger partial charge in [-0.1, -0.05) is 25.5 Å². The lowest BCUT2D eigenvalue weighted by Crippen LogP contribution is -2.49. The number of carbonyl (C=O) groups excluding carboxylic acids is 1. The molecule has 0 amide bonds. The van der Waals surface area contributed by atoms with Crippen molar-refractivity contribution in [2.24, 2.45) is 47.3 Å². The van der Waals surface area contributed by atoms with Gasteiger partial charge in [0.05, 0.1) is 23.7 Å². The van der Waals surface area contributed by atoms with E-state index in [1.165, 1.54) is 5.57 Å². The summed E-state index contributed by atoms with van der Waals surface area (Å²) < 4.78 is 12.6. The average molecular weight is 401 g/mol. The van der Waals surface area contributed by atoms with Crippen LogP contribution in [0.2, 0.25) is 0 Å². The number of carbonyl (C=O) groups is 1. The molecule has 0 aromatic rings. The van der Waals surface area contributed by atoms with E-state index in [1.54, 1.807) is 0 Å². The van der Waals surface area contributed by atoms with Crippen molar-refractivity contribution in [3.8, 4) is 0 Å². The lowest BCUT2D eigenvalue weighted by molar-refractivity contribution is -0.154. The van der Waals surface area contributed by atoms with E-state index in [9.17, 15) is 15.0 Å². The van der Waals surface area contributed by atoms with Crippen molar-refractivity contribution in [3.05, 3.63) is 23.0 Å². The first-order chi connectivity index (χ1) is 13.7. The molecule has 3 heterocycles. The summed E-state index contributed by atoms with van der Waals surface area (Å²) in [4.78, 5) is 13.2. The van der Waals surface area contributed by atoms with Crippen LogP contribution in [0.3, 0.4) is 0 Å². The fourth-order valence-electron chi connectivity index (χ4n) is 8.16. The average Bonchev–Trinajstić information content (AvgIpc) is 3.16. The van der Waals surface area contributed by atoms with E-state index < -0.39 is 12.2 Å². The Kier molecular flexibility index (Phi) is 3.61. The minimum Gasteiger partial charge on any atom is -0.491 e. The van der Waals surface area contributed by atoms with Crippen LogP contribution < -0.4 is 0 Å². The fraction of sp³-hybridized carbons (Fsp3) is 0.792. The molecule has 1 saturated heterocycles. The molecule has 29 heavy (non-hydrogen) atoms. The SMILES string of the molecule is CC1=C[C@H]2[C@@H](O)[C@H](C)[C@@H](O)[C@@H]2[C@H]2[C@@H]3C4=C5O[C@@](C)(CC[C@H](OC4=O)[C@@H]5C)[C@@H]3C[C@@H]12. The number of esters is 1. The van der Waals surface area contributed by atoms with Crippen LogP contribution in [0.1, 0.15) is 47.0 Å². The van der Waals surface area contributed by atoms with Crippen LogP contribution in [0.25, 0.3) is 0 Å². The van der Waals surface area contributed by atoms with E-state index in [1.807, 2.05) is 6.92 Å². The molecule has 0 aromatic carbocycles. The number of ether oxygens (including phenoxy) is 2. The third-order valence-corrected chi connectivity index (χ3v) is 9.72. The van der Waals surface area contributed by atoms with E-state index in [0.29, 0.717) is 5.92 Å². The molecule has 2 N–H and O–H groups in total. The summed E-state index contributed by atoms with van der Waals surface area (Å²) in [5.41, 5.74) is 1.77. The number of hydrogen-bond donors (Lipinski definition) is 2. The van der Waals surface area contributed by atoms with Gasteiger partial charge in [0.15, 0.2) is 0 Å². The van der Waals surface area contributed by atoms with Gasteiger partial charge in [-0.2, -0.15) is 0 Å². The highest BCUT2D eigenvalue weighted by molar-refractivity contribution is 5.91. The Morgan fingerprint density at radius 2 is 1.93 bits per heavy atom. The Morgan fingerprint density at radius 3 is 2.69 bits per heavy atom. The van der Waals surface area contributed by atoms with Crippen molar-refractivity contribution >= 4 is 5.97 Å². The molecule has 0 aromatic heterocycles. The van der Waals surface area contributed by atoms with Gasteiger partial charge in [-0.3, -0.25) is 0 Å². The molecule has 6 rings (SSSR count). The third kappa shape index (κ3) is 2.11. The van der Waals surface area contributed by atoms with Crippen LogP contribution in [-0.4, -0.2) is 40.1 Å². The van der Waals surface area contributed by atoms with E-state index in [4.69, 9.17) is 9.47 Å². The standard InChI is InChI=1S/C24H32O5/c1-9-7-13-17(21(26)11(3)20(13)25)16-12(9)8-14-18(16)19-22-10(2)15(28-23(19)27)5-6-24(14,4)29-22/h7,10-18,20-21,25-26H,5-6,8H2,1-4H3/t10-,11-,12-,13+,14+,15-,16-,17-,18+,20-,21+,24-/m0/s1. The van der Waals surface area contributed by atoms with Crippen molar-refractivity contribution in [2.75, 3.05) is 0 Å². The second-order valence-electron chi connectivity index (χ2n) is 10.9. The monoisotopic (exact) mass is 400 g/mol. The Morgan fingerprint density at radius 1 is 1.17 bits per heavy atom. The second-order valence-corrected chi connectivity index (χ2v) is 10.9. The van der Waals surface area contributed by atoms with Crippen LogP contribution in [0.4, 0.5) is 0 Å². The number of fused-ring (bicyclic) bond motifs is 9. The van der Waals surface area contributed by atoms with Crippen LogP contribution in [-0.2, 0) is 14.3 Å². The lowest BCUT2D eigenvalue weighted by atomic mass is 9.63. The minimum absolute atomic E-state index is 0.0126. The van der Waals surface area contributed by atoms with E-state index in [0.717, 1.165) is 30.6 Å². The van der Waals surface area contributed by atoms with E-state index >= 15 is 0 Å². The van der Waals surface area contributed by atoms with Gasteiger partial charge in [0.1, 0.15) is 17.5 Å². The van der Waals surface area contributed by atoms with Gasteiger partial charge in [0.25, 0.3) is 0 Å². The number of aliphatic hydroxyl groups excluding tert-OH is 2. The largest absolute Gasteiger partial charge is 0.491 e. The summed E-state index contributed by atoms with van der Waals surface area (Å²) in [6.07, 6.45) is 3.79. The Bertz CT molecular complexity index is 844. The molecule has 3 aliphatic heterocycles. The number of rotatable bonds is 0. The highest BCUT2D eigenvalue weighted by atomic mass is 16.6. The zero-order valence-corrected chi connectivity index (χ0v) is 17.7. The summed E-state index contributed by atoms with van der Waals surface area (Å²) >= 11 is 0. The highest BCUT2D eigenvalue weighted by Gasteiger charge is 2.66. The maximum absolute atomic E-state index is 13.2. The molecular formula is C24H32O5. The number of aliphatic hydroxyl groups is 2. The molecule has 5 nitrogen and oxygen atoms in total. The zero-order chi connectivity index (χ0) is 20.4. The summed E-state index contributed by atoms with van der Waals surface area (Å²) in [5.74, 6) is 1.34. The van der Waals surface area contributed by atoms with Gasteiger partial charge in [-0.05, 0) is 50.9 Å². The molecule has 3 fully saturated rings. The van der Waals surface area contributed by atoms with E-state index in [2.05, 4.69) is 26.8 Å². The Labute approximate surface area is 172 Å². The van der Waals surface area contributed by atoms with Gasteiger partial charge >= 0.3 is 5.97 Å². The third-order valence-electron chi connectivity index (χ3n) is 9.72. The molecule has 0 radical (unpaired) electrons. The molecule has 3 aliphatic carbocycles. The van der Waals surface area contributed by atoms with Gasteiger partial charge in [0, 0.05) is 23.7 Å². The quantitative estimate of drug-likeness (QED) is 0.483. The van der Waals surface area contributed by atoms with Crippen LogP contribution in [0, 0.1) is 47.3 Å². The predicted octanol–water partition coefficient (Wildman–Crippen LogP) is 2.82. The van der Waals surface area contributed by atoms with Crippen LogP contribution in [0.5, 0.6) is 0 Å². The molecule has 3 bridgehead atoms. The second kappa shape index (κ2) is 5.67. The van der Waals surface area contributed by atoms with E-state index in [-0.39, 0.29) is 59.1 Å². The Hall–Kier alpha value is -1.33. The highest BCUT2D eigenvalue weighted by Crippen LogP contribution is 2.66. The summed E-state index contributed by atoms with van der Waals surface area (Å²) in [7, 11) is 0. The van der Waals surface area contributed by atoms with Crippen molar-refractivity contribution in [3.63, 3.8) is 0 Å². The fourth-order valence-corrected chi connectivity index (χ4v) is 8.16. The summed E-state index contributed by atoms with van der Waals surface area (Å²) in [6.45, 7) is 8.47. The molecule has 0 unspecified atom stereocenters. The smallest absolute Gasteiger partial charge is 0.338 e. The first kappa shape index (κ1) is 18.4. The van der Waals surface area contributed by atoms with Gasteiger partial charge < -0.3 is 19.7 Å².